The van der Waals surface area contributed by atoms with Gasteiger partial charge in [-0.3, -0.25) is 9.69 Å². The molecule has 0 aliphatic carbocycles. The minimum atomic E-state index is -0.0175. The van der Waals surface area contributed by atoms with Gasteiger partial charge in [-0.2, -0.15) is 0 Å². The number of benzene rings is 2. The number of aromatic nitrogens is 1. The summed E-state index contributed by atoms with van der Waals surface area (Å²) in [6.07, 6.45) is 5.26. The molecule has 0 saturated heterocycles. The summed E-state index contributed by atoms with van der Waals surface area (Å²) in [6, 6.07) is 13.9. The number of carbonyl (C=O) groups is 1. The molecule has 0 radical (unpaired) electrons. The van der Waals surface area contributed by atoms with Crippen molar-refractivity contribution >= 4 is 32.6 Å². The number of unbranched alkanes of at least 4 members (excludes halogenated alkanes) is 2. The quantitative estimate of drug-likeness (QED) is 0.314. The molecule has 0 N–H and O–H groups in total. The summed E-state index contributed by atoms with van der Waals surface area (Å²) in [5.41, 5.74) is 2.89. The summed E-state index contributed by atoms with van der Waals surface area (Å²) in [7, 11) is 4.10. The van der Waals surface area contributed by atoms with Crippen LogP contribution in [-0.2, 0) is 6.42 Å². The lowest BCUT2D eigenvalue weighted by molar-refractivity contribution is 0.0986. The molecule has 1 amide bonds. The smallest absolute Gasteiger partial charge is 0.260 e. The van der Waals surface area contributed by atoms with Crippen LogP contribution in [0.5, 0.6) is 5.75 Å². The number of carbonyl (C=O) groups excluding carboxylic acids is 1. The fourth-order valence-corrected chi connectivity index (χ4v) is 4.57. The Morgan fingerprint density at radius 1 is 1.00 bits per heavy atom. The molecule has 0 unspecified atom stereocenters. The number of rotatable bonds is 12. The van der Waals surface area contributed by atoms with E-state index in [1.54, 1.807) is 11.3 Å². The first-order chi connectivity index (χ1) is 15.5. The Labute approximate surface area is 196 Å². The van der Waals surface area contributed by atoms with Crippen LogP contribution < -0.4 is 9.64 Å². The number of fused-ring (bicyclic) bond motifs is 1. The van der Waals surface area contributed by atoms with Crippen molar-refractivity contribution in [2.75, 3.05) is 38.7 Å². The standard InChI is InChI=1S/C26H35N3O2S/c1-5-7-8-18-31-22-13-11-21(12-14-22)25(30)29(17-9-16-28(3)4)26-27-23-15-10-20(6-2)19-24(23)32-26/h10-15,19H,5-9,16-18H2,1-4H3. The zero-order valence-corrected chi connectivity index (χ0v) is 20.6. The van der Waals surface area contributed by atoms with Crippen molar-refractivity contribution in [3.05, 3.63) is 53.6 Å². The van der Waals surface area contributed by atoms with E-state index in [0.29, 0.717) is 18.7 Å². The van der Waals surface area contributed by atoms with E-state index in [0.717, 1.165) is 46.9 Å². The monoisotopic (exact) mass is 453 g/mol. The Morgan fingerprint density at radius 3 is 2.47 bits per heavy atom. The minimum absolute atomic E-state index is 0.0175. The van der Waals surface area contributed by atoms with Crippen molar-refractivity contribution in [2.45, 2.75) is 46.0 Å². The van der Waals surface area contributed by atoms with Gasteiger partial charge in [0.15, 0.2) is 5.13 Å². The highest BCUT2D eigenvalue weighted by molar-refractivity contribution is 7.22. The molecule has 1 heterocycles. The molecule has 5 nitrogen and oxygen atoms in total. The Hall–Kier alpha value is -2.44. The summed E-state index contributed by atoms with van der Waals surface area (Å²) < 4.78 is 6.93. The second-order valence-electron chi connectivity index (χ2n) is 8.35. The van der Waals surface area contributed by atoms with E-state index in [9.17, 15) is 4.79 Å². The van der Waals surface area contributed by atoms with Crippen molar-refractivity contribution in [1.29, 1.82) is 0 Å². The highest BCUT2D eigenvalue weighted by Gasteiger charge is 2.21. The first-order valence-corrected chi connectivity index (χ1v) is 12.4. The topological polar surface area (TPSA) is 45.7 Å². The Balaban J connectivity index is 1.79. The Bertz CT molecular complexity index is 998. The average Bonchev–Trinajstić information content (AvgIpc) is 3.22. The van der Waals surface area contributed by atoms with Crippen molar-refractivity contribution < 1.29 is 9.53 Å². The maximum Gasteiger partial charge on any atom is 0.260 e. The first-order valence-electron chi connectivity index (χ1n) is 11.6. The first kappa shape index (κ1) is 24.2. The highest BCUT2D eigenvalue weighted by atomic mass is 32.1. The Kier molecular flexibility index (Phi) is 9.06. The summed E-state index contributed by atoms with van der Waals surface area (Å²) in [5.74, 6) is 0.792. The number of hydrogen-bond acceptors (Lipinski definition) is 5. The van der Waals surface area contributed by atoms with E-state index in [1.165, 1.54) is 18.4 Å². The molecule has 0 aliphatic heterocycles. The van der Waals surface area contributed by atoms with Crippen LogP contribution in [0.3, 0.4) is 0 Å². The number of hydrogen-bond donors (Lipinski definition) is 0. The van der Waals surface area contributed by atoms with E-state index in [2.05, 4.69) is 51.0 Å². The number of thiazole rings is 1. The van der Waals surface area contributed by atoms with Crippen molar-refractivity contribution in [3.63, 3.8) is 0 Å². The van der Waals surface area contributed by atoms with E-state index >= 15 is 0 Å². The van der Waals surface area contributed by atoms with Gasteiger partial charge in [0, 0.05) is 12.1 Å². The second-order valence-corrected chi connectivity index (χ2v) is 9.35. The van der Waals surface area contributed by atoms with Crippen LogP contribution in [0.1, 0.15) is 55.5 Å². The molecular formula is C26H35N3O2S. The van der Waals surface area contributed by atoms with Crippen LogP contribution in [0.25, 0.3) is 10.2 Å². The van der Waals surface area contributed by atoms with Crippen molar-refractivity contribution in [1.82, 2.24) is 9.88 Å². The predicted molar refractivity (Wildman–Crippen MR) is 135 cm³/mol. The molecule has 1 aromatic heterocycles. The van der Waals surface area contributed by atoms with Gasteiger partial charge in [-0.05, 0) is 81.9 Å². The zero-order chi connectivity index (χ0) is 22.9. The third-order valence-electron chi connectivity index (χ3n) is 5.43. The molecule has 0 atom stereocenters. The average molecular weight is 454 g/mol. The summed E-state index contributed by atoms with van der Waals surface area (Å²) in [4.78, 5) is 22.2. The molecule has 0 aliphatic rings. The molecule has 0 bridgehead atoms. The van der Waals surface area contributed by atoms with Gasteiger partial charge >= 0.3 is 0 Å². The van der Waals surface area contributed by atoms with Crippen molar-refractivity contribution in [3.8, 4) is 5.75 Å². The summed E-state index contributed by atoms with van der Waals surface area (Å²) >= 11 is 1.59. The van der Waals surface area contributed by atoms with Crippen LogP contribution in [0.15, 0.2) is 42.5 Å². The predicted octanol–water partition coefficient (Wildman–Crippen LogP) is 6.03. The molecule has 3 rings (SSSR count). The third kappa shape index (κ3) is 6.53. The number of nitrogens with zero attached hydrogens (tertiary/aromatic N) is 3. The lowest BCUT2D eigenvalue weighted by Gasteiger charge is -2.21. The largest absolute Gasteiger partial charge is 0.494 e. The van der Waals surface area contributed by atoms with Crippen LogP contribution in [0.2, 0.25) is 0 Å². The van der Waals surface area contributed by atoms with E-state index in [1.807, 2.05) is 29.2 Å². The summed E-state index contributed by atoms with van der Waals surface area (Å²) in [6.45, 7) is 6.59. The van der Waals surface area contributed by atoms with Gasteiger partial charge in [0.25, 0.3) is 5.91 Å². The number of aryl methyl sites for hydroxylation is 1. The molecular weight excluding hydrogens is 418 g/mol. The van der Waals surface area contributed by atoms with E-state index in [4.69, 9.17) is 9.72 Å². The van der Waals surface area contributed by atoms with Crippen LogP contribution in [0, 0.1) is 0 Å². The molecule has 172 valence electrons. The van der Waals surface area contributed by atoms with Gasteiger partial charge < -0.3 is 9.64 Å². The van der Waals surface area contributed by atoms with Gasteiger partial charge in [-0.1, -0.05) is 44.1 Å². The lowest BCUT2D eigenvalue weighted by atomic mass is 10.2. The number of amides is 1. The molecule has 3 aromatic rings. The van der Waals surface area contributed by atoms with Crippen LogP contribution >= 0.6 is 11.3 Å². The Morgan fingerprint density at radius 2 is 1.78 bits per heavy atom. The van der Waals surface area contributed by atoms with Crippen molar-refractivity contribution in [2.24, 2.45) is 0 Å². The summed E-state index contributed by atoms with van der Waals surface area (Å²) in [5, 5.41) is 0.761. The fraction of sp³-hybridized carbons (Fsp3) is 0.462. The SMILES string of the molecule is CCCCCOc1ccc(C(=O)N(CCCN(C)C)c2nc3ccc(CC)cc3s2)cc1. The van der Waals surface area contributed by atoms with Crippen LogP contribution in [-0.4, -0.2) is 49.6 Å². The molecule has 32 heavy (non-hydrogen) atoms. The van der Waals surface area contributed by atoms with E-state index < -0.39 is 0 Å². The van der Waals surface area contributed by atoms with Gasteiger partial charge in [0.2, 0.25) is 0 Å². The highest BCUT2D eigenvalue weighted by Crippen LogP contribution is 2.31. The molecule has 2 aromatic carbocycles. The van der Waals surface area contributed by atoms with E-state index in [-0.39, 0.29) is 5.91 Å². The van der Waals surface area contributed by atoms with Crippen LogP contribution in [0.4, 0.5) is 5.13 Å². The maximum absolute atomic E-state index is 13.5. The minimum Gasteiger partial charge on any atom is -0.494 e. The molecule has 0 spiro atoms. The molecule has 0 saturated carbocycles. The van der Waals surface area contributed by atoms with Gasteiger partial charge in [-0.25, -0.2) is 4.98 Å². The second kappa shape index (κ2) is 12.0. The molecule has 0 fully saturated rings. The maximum atomic E-state index is 13.5. The molecule has 6 heteroatoms. The van der Waals surface area contributed by atoms with Gasteiger partial charge in [0.1, 0.15) is 5.75 Å². The fourth-order valence-electron chi connectivity index (χ4n) is 3.51. The lowest BCUT2D eigenvalue weighted by Crippen LogP contribution is -2.33. The number of ether oxygens (including phenoxy) is 1. The normalized spacial score (nSPS) is 11.3. The number of anilines is 1. The zero-order valence-electron chi connectivity index (χ0n) is 19.8. The van der Waals surface area contributed by atoms with Gasteiger partial charge in [0.05, 0.1) is 16.8 Å². The van der Waals surface area contributed by atoms with Gasteiger partial charge in [-0.15, -0.1) is 0 Å². The third-order valence-corrected chi connectivity index (χ3v) is 6.47.